The first-order chi connectivity index (χ1) is 13.5. The lowest BCUT2D eigenvalue weighted by Gasteiger charge is -2.16. The minimum atomic E-state index is -0.942. The Hall–Kier alpha value is -3.65. The second-order valence-corrected chi connectivity index (χ2v) is 6.08. The van der Waals surface area contributed by atoms with Gasteiger partial charge in [-0.2, -0.15) is 0 Å². The lowest BCUT2D eigenvalue weighted by Crippen LogP contribution is -2.38. The molecule has 0 aliphatic heterocycles. The number of hydrogen-bond acceptors (Lipinski definition) is 6. The third-order valence-corrected chi connectivity index (χ3v) is 4.02. The summed E-state index contributed by atoms with van der Waals surface area (Å²) >= 11 is 0. The van der Waals surface area contributed by atoms with Crippen LogP contribution in [0.3, 0.4) is 0 Å². The number of benzene rings is 2. The van der Waals surface area contributed by atoms with E-state index in [0.717, 1.165) is 16.3 Å². The maximum absolute atomic E-state index is 12.3. The van der Waals surface area contributed by atoms with Gasteiger partial charge in [0.05, 0.1) is 36.9 Å². The number of imidazole rings is 1. The zero-order valence-corrected chi connectivity index (χ0v) is 15.5. The molecule has 0 saturated heterocycles. The monoisotopic (exact) mass is 380 g/mol. The van der Waals surface area contributed by atoms with Crippen molar-refractivity contribution in [2.45, 2.75) is 13.5 Å². The maximum atomic E-state index is 12.3. The molecule has 2 N–H and O–H groups in total. The van der Waals surface area contributed by atoms with Crippen LogP contribution in [0.15, 0.2) is 61.1 Å². The van der Waals surface area contributed by atoms with E-state index in [1.807, 2.05) is 43.5 Å². The summed E-state index contributed by atoms with van der Waals surface area (Å²) in [6.07, 6.45) is 2.53. The van der Waals surface area contributed by atoms with E-state index in [0.29, 0.717) is 11.4 Å². The van der Waals surface area contributed by atoms with Crippen LogP contribution >= 0.6 is 0 Å². The number of nitrogens with zero attached hydrogens (tertiary/aromatic N) is 3. The van der Waals surface area contributed by atoms with Gasteiger partial charge in [-0.15, -0.1) is 0 Å². The number of aromatic nitrogens is 2. The van der Waals surface area contributed by atoms with Crippen molar-refractivity contribution in [2.75, 3.05) is 7.11 Å². The van der Waals surface area contributed by atoms with E-state index < -0.39 is 12.1 Å². The van der Waals surface area contributed by atoms with Gasteiger partial charge in [-0.25, -0.2) is 25.4 Å². The second-order valence-electron chi connectivity index (χ2n) is 6.08. The van der Waals surface area contributed by atoms with Crippen molar-refractivity contribution in [3.63, 3.8) is 0 Å². The normalized spacial score (nSPS) is 10.4. The Morgan fingerprint density at radius 1 is 1.18 bits per heavy atom. The van der Waals surface area contributed by atoms with E-state index >= 15 is 0 Å². The van der Waals surface area contributed by atoms with Crippen molar-refractivity contribution in [1.82, 2.24) is 14.6 Å². The summed E-state index contributed by atoms with van der Waals surface area (Å²) < 4.78 is 12.0. The largest absolute Gasteiger partial charge is 0.495 e. The van der Waals surface area contributed by atoms with Crippen LogP contribution in [0.2, 0.25) is 0 Å². The van der Waals surface area contributed by atoms with E-state index in [2.05, 4.69) is 4.98 Å². The van der Waals surface area contributed by atoms with E-state index in [4.69, 9.17) is 15.3 Å². The third-order valence-electron chi connectivity index (χ3n) is 4.02. The second kappa shape index (κ2) is 8.36. The molecule has 8 nitrogen and oxygen atoms in total. The molecule has 0 aliphatic rings. The molecule has 144 valence electrons. The zero-order chi connectivity index (χ0) is 20.1. The SMILES string of the molecule is COc1cc(C(=O)OC(=O)N(N)Cc2ccccc2)ccc1-n1cnc(C)c1. The molecule has 3 rings (SSSR count). The summed E-state index contributed by atoms with van der Waals surface area (Å²) in [5, 5.41) is 0.840. The quantitative estimate of drug-likeness (QED) is 0.240. The molecule has 28 heavy (non-hydrogen) atoms. The van der Waals surface area contributed by atoms with Crippen LogP contribution < -0.4 is 10.6 Å². The summed E-state index contributed by atoms with van der Waals surface area (Å²) in [5.74, 6) is 5.32. The lowest BCUT2D eigenvalue weighted by atomic mass is 10.2. The van der Waals surface area contributed by atoms with Crippen LogP contribution in [0.5, 0.6) is 5.75 Å². The van der Waals surface area contributed by atoms with Crippen LogP contribution in [0.25, 0.3) is 5.69 Å². The number of methoxy groups -OCH3 is 1. The smallest absolute Gasteiger partial charge is 0.432 e. The number of ether oxygens (including phenoxy) is 2. The highest BCUT2D eigenvalue weighted by atomic mass is 16.6. The Bertz CT molecular complexity index is 985. The molecule has 2 aromatic carbocycles. The topological polar surface area (TPSA) is 99.7 Å². The third kappa shape index (κ3) is 4.36. The Kier molecular flexibility index (Phi) is 5.71. The molecular formula is C20H20N4O4. The number of esters is 1. The number of hydrazine groups is 1. The predicted octanol–water partition coefficient (Wildman–Crippen LogP) is 2.84. The van der Waals surface area contributed by atoms with Gasteiger partial charge in [-0.05, 0) is 30.7 Å². The number of aryl methyl sites for hydroxylation is 1. The first kappa shape index (κ1) is 19.1. The number of amides is 1. The standard InChI is InChI=1S/C20H20N4O4/c1-14-11-23(13-22-14)17-9-8-16(10-18(17)27-2)19(25)28-20(26)24(21)12-15-6-4-3-5-7-15/h3-11,13H,12,21H2,1-2H3. The fraction of sp³-hybridized carbons (Fsp3) is 0.150. The van der Waals surface area contributed by atoms with Crippen molar-refractivity contribution in [2.24, 2.45) is 5.84 Å². The molecule has 0 saturated carbocycles. The first-order valence-corrected chi connectivity index (χ1v) is 8.49. The summed E-state index contributed by atoms with van der Waals surface area (Å²) in [4.78, 5) is 28.6. The van der Waals surface area contributed by atoms with E-state index in [1.165, 1.54) is 13.2 Å². The fourth-order valence-corrected chi connectivity index (χ4v) is 2.61. The molecule has 0 aliphatic carbocycles. The number of nitrogens with two attached hydrogens (primary N) is 1. The van der Waals surface area contributed by atoms with Gasteiger partial charge in [0, 0.05) is 6.20 Å². The number of hydrogen-bond donors (Lipinski definition) is 1. The maximum Gasteiger partial charge on any atom is 0.432 e. The summed E-state index contributed by atoms with van der Waals surface area (Å²) in [6.45, 7) is 1.99. The predicted molar refractivity (Wildman–Crippen MR) is 102 cm³/mol. The van der Waals surface area contributed by atoms with Gasteiger partial charge in [-0.1, -0.05) is 30.3 Å². The van der Waals surface area contributed by atoms with Gasteiger partial charge in [-0.3, -0.25) is 0 Å². The first-order valence-electron chi connectivity index (χ1n) is 8.49. The van der Waals surface area contributed by atoms with Crippen LogP contribution in [0.4, 0.5) is 4.79 Å². The van der Waals surface area contributed by atoms with Crippen molar-refractivity contribution < 1.29 is 19.1 Å². The van der Waals surface area contributed by atoms with Gasteiger partial charge >= 0.3 is 12.1 Å². The average Bonchev–Trinajstić information content (AvgIpc) is 3.14. The molecule has 0 bridgehead atoms. The van der Waals surface area contributed by atoms with E-state index in [9.17, 15) is 9.59 Å². The van der Waals surface area contributed by atoms with Crippen LogP contribution in [0.1, 0.15) is 21.6 Å². The van der Waals surface area contributed by atoms with Gasteiger partial charge in [0.15, 0.2) is 0 Å². The van der Waals surface area contributed by atoms with Crippen molar-refractivity contribution >= 4 is 12.1 Å². The highest BCUT2D eigenvalue weighted by molar-refractivity contribution is 5.96. The molecule has 8 heteroatoms. The Labute approximate surface area is 162 Å². The van der Waals surface area contributed by atoms with Gasteiger partial charge in [0.1, 0.15) is 5.75 Å². The van der Waals surface area contributed by atoms with Crippen LogP contribution in [-0.4, -0.2) is 33.7 Å². The highest BCUT2D eigenvalue weighted by Gasteiger charge is 2.19. The molecule has 0 atom stereocenters. The lowest BCUT2D eigenvalue weighted by molar-refractivity contribution is 0.0534. The molecule has 3 aromatic rings. The molecule has 0 spiro atoms. The Morgan fingerprint density at radius 3 is 2.57 bits per heavy atom. The van der Waals surface area contributed by atoms with Crippen molar-refractivity contribution in [3.8, 4) is 11.4 Å². The molecule has 1 heterocycles. The number of carbonyl (C=O) groups is 2. The molecule has 1 amide bonds. The van der Waals surface area contributed by atoms with E-state index in [1.54, 1.807) is 23.0 Å². The molecule has 0 fully saturated rings. The summed E-state index contributed by atoms with van der Waals surface area (Å²) in [5.41, 5.74) is 2.53. The molecule has 0 unspecified atom stereocenters. The van der Waals surface area contributed by atoms with Gasteiger partial charge in [0.2, 0.25) is 0 Å². The molecule has 1 aromatic heterocycles. The number of carbonyl (C=O) groups excluding carboxylic acids is 2. The van der Waals surface area contributed by atoms with Gasteiger partial charge < -0.3 is 14.0 Å². The summed E-state index contributed by atoms with van der Waals surface area (Å²) in [7, 11) is 1.49. The Balaban J connectivity index is 1.70. The van der Waals surface area contributed by atoms with E-state index in [-0.39, 0.29) is 12.1 Å². The number of rotatable bonds is 5. The summed E-state index contributed by atoms with van der Waals surface area (Å²) in [6, 6.07) is 13.9. The molecular weight excluding hydrogens is 360 g/mol. The van der Waals surface area contributed by atoms with Gasteiger partial charge in [0.25, 0.3) is 0 Å². The van der Waals surface area contributed by atoms with Crippen LogP contribution in [-0.2, 0) is 11.3 Å². The fourth-order valence-electron chi connectivity index (χ4n) is 2.61. The zero-order valence-electron chi connectivity index (χ0n) is 15.5. The molecule has 0 radical (unpaired) electrons. The minimum Gasteiger partial charge on any atom is -0.495 e. The minimum absolute atomic E-state index is 0.120. The highest BCUT2D eigenvalue weighted by Crippen LogP contribution is 2.25. The average molecular weight is 380 g/mol. The van der Waals surface area contributed by atoms with Crippen molar-refractivity contribution in [3.05, 3.63) is 77.9 Å². The van der Waals surface area contributed by atoms with Crippen LogP contribution in [0, 0.1) is 6.92 Å². The van der Waals surface area contributed by atoms with Crippen molar-refractivity contribution in [1.29, 1.82) is 0 Å². The Morgan fingerprint density at radius 2 is 1.93 bits per heavy atom.